The van der Waals surface area contributed by atoms with Crippen LogP contribution in [0.5, 0.6) is 5.75 Å². The van der Waals surface area contributed by atoms with Gasteiger partial charge in [-0.15, -0.1) is 11.3 Å². The number of carbonyl (C=O) groups excluding carboxylic acids is 2. The third kappa shape index (κ3) is 5.86. The Hall–Kier alpha value is -2.46. The molecule has 1 aliphatic rings. The van der Waals surface area contributed by atoms with Crippen LogP contribution in [0.25, 0.3) is 0 Å². The fourth-order valence-corrected chi connectivity index (χ4v) is 5.03. The van der Waals surface area contributed by atoms with E-state index in [9.17, 15) is 14.7 Å². The number of thiophene rings is 1. The van der Waals surface area contributed by atoms with Crippen LogP contribution >= 0.6 is 27.3 Å². The molecule has 0 saturated heterocycles. The van der Waals surface area contributed by atoms with Crippen LogP contribution in [-0.2, 0) is 25.6 Å². The van der Waals surface area contributed by atoms with Crippen molar-refractivity contribution in [3.05, 3.63) is 74.4 Å². The van der Waals surface area contributed by atoms with E-state index in [1.807, 2.05) is 30.3 Å². The fourth-order valence-electron chi connectivity index (χ4n) is 2.96. The fraction of sp³-hybridized carbons (Fsp3) is 0.304. The molecule has 2 aromatic rings. The number of ether oxygens (including phenoxy) is 4. The SMILES string of the molecule is CCOC(=O)COc1c(C(=O)OC)sc(C2C=CC(O)(OCc3ccccc3)C=C2)c1Br. The van der Waals surface area contributed by atoms with E-state index in [0.29, 0.717) is 4.47 Å². The number of hydrogen-bond donors (Lipinski definition) is 1. The van der Waals surface area contributed by atoms with E-state index < -0.39 is 17.7 Å². The van der Waals surface area contributed by atoms with Gasteiger partial charge in [-0.25, -0.2) is 9.59 Å². The standard InChI is InChI=1S/C23H23BrO7S/c1-3-29-17(25)14-30-19-18(24)20(32-21(19)22(26)28-2)16-9-11-23(27,12-10-16)31-13-15-7-5-4-6-8-15/h4-12,16,27H,3,13-14H2,1-2H3. The summed E-state index contributed by atoms with van der Waals surface area (Å²) in [7, 11) is 1.27. The van der Waals surface area contributed by atoms with Crippen molar-refractivity contribution >= 4 is 39.2 Å². The second kappa shape index (κ2) is 10.9. The minimum atomic E-state index is -1.54. The largest absolute Gasteiger partial charge is 0.479 e. The number of esters is 2. The summed E-state index contributed by atoms with van der Waals surface area (Å²) in [5.74, 6) is -2.69. The van der Waals surface area contributed by atoms with E-state index in [0.717, 1.165) is 10.4 Å². The molecule has 3 rings (SSSR count). The Morgan fingerprint density at radius 3 is 2.50 bits per heavy atom. The van der Waals surface area contributed by atoms with E-state index in [2.05, 4.69) is 15.9 Å². The van der Waals surface area contributed by atoms with Crippen LogP contribution in [0.15, 0.2) is 59.1 Å². The van der Waals surface area contributed by atoms with Gasteiger partial charge in [0.25, 0.3) is 0 Å². The van der Waals surface area contributed by atoms with Crippen molar-refractivity contribution in [3.63, 3.8) is 0 Å². The third-order valence-corrected chi connectivity index (χ3v) is 6.85. The predicted molar refractivity (Wildman–Crippen MR) is 123 cm³/mol. The van der Waals surface area contributed by atoms with Gasteiger partial charge in [-0.05, 0) is 40.6 Å². The number of methoxy groups -OCH3 is 1. The first-order valence-electron chi connectivity index (χ1n) is 9.84. The molecule has 1 heterocycles. The molecule has 9 heteroatoms. The minimum absolute atomic E-state index is 0.216. The third-order valence-electron chi connectivity index (χ3n) is 4.54. The lowest BCUT2D eigenvalue weighted by Crippen LogP contribution is -2.29. The van der Waals surface area contributed by atoms with Crippen LogP contribution in [-0.4, -0.2) is 43.2 Å². The van der Waals surface area contributed by atoms with Gasteiger partial charge in [0.05, 0.1) is 24.8 Å². The zero-order chi connectivity index (χ0) is 23.1. The van der Waals surface area contributed by atoms with Gasteiger partial charge in [-0.2, -0.15) is 0 Å². The second-order valence-electron chi connectivity index (χ2n) is 6.79. The van der Waals surface area contributed by atoms with Crippen molar-refractivity contribution in [2.75, 3.05) is 20.3 Å². The summed E-state index contributed by atoms with van der Waals surface area (Å²) >= 11 is 4.66. The monoisotopic (exact) mass is 522 g/mol. The van der Waals surface area contributed by atoms with Crippen LogP contribution in [0, 0.1) is 0 Å². The lowest BCUT2D eigenvalue weighted by molar-refractivity contribution is -0.145. The first-order valence-corrected chi connectivity index (χ1v) is 11.5. The average Bonchev–Trinajstić information content (AvgIpc) is 3.13. The summed E-state index contributed by atoms with van der Waals surface area (Å²) in [5.41, 5.74) is 0.942. The van der Waals surface area contributed by atoms with E-state index in [1.165, 1.54) is 18.4 Å². The molecule has 0 saturated carbocycles. The summed E-state index contributed by atoms with van der Waals surface area (Å²) in [6, 6.07) is 9.55. The topological polar surface area (TPSA) is 91.3 Å². The molecule has 1 aromatic carbocycles. The molecule has 32 heavy (non-hydrogen) atoms. The first kappa shape index (κ1) is 24.2. The molecule has 1 N–H and O–H groups in total. The molecule has 7 nitrogen and oxygen atoms in total. The molecule has 0 radical (unpaired) electrons. The van der Waals surface area contributed by atoms with Gasteiger partial charge in [0.2, 0.25) is 5.79 Å². The van der Waals surface area contributed by atoms with E-state index in [4.69, 9.17) is 18.9 Å². The quantitative estimate of drug-likeness (QED) is 0.297. The lowest BCUT2D eigenvalue weighted by atomic mass is 9.98. The van der Waals surface area contributed by atoms with E-state index >= 15 is 0 Å². The highest BCUT2D eigenvalue weighted by molar-refractivity contribution is 9.10. The number of carbonyl (C=O) groups is 2. The van der Waals surface area contributed by atoms with Crippen LogP contribution in [0.4, 0.5) is 0 Å². The number of aliphatic hydroxyl groups is 1. The summed E-state index contributed by atoms with van der Waals surface area (Å²) in [6.45, 7) is 1.84. The summed E-state index contributed by atoms with van der Waals surface area (Å²) in [6.07, 6.45) is 6.67. The Morgan fingerprint density at radius 1 is 1.19 bits per heavy atom. The van der Waals surface area contributed by atoms with Gasteiger partial charge < -0.3 is 24.1 Å². The Kier molecular flexibility index (Phi) is 8.25. The maximum absolute atomic E-state index is 12.3. The maximum Gasteiger partial charge on any atom is 0.351 e. The minimum Gasteiger partial charge on any atom is -0.479 e. The van der Waals surface area contributed by atoms with E-state index in [-0.39, 0.29) is 36.4 Å². The molecule has 0 unspecified atom stereocenters. The predicted octanol–water partition coefficient (Wildman–Crippen LogP) is 4.35. The van der Waals surface area contributed by atoms with Crippen LogP contribution < -0.4 is 4.74 Å². The highest BCUT2D eigenvalue weighted by atomic mass is 79.9. The van der Waals surface area contributed by atoms with Crippen molar-refractivity contribution in [1.29, 1.82) is 0 Å². The highest BCUT2D eigenvalue weighted by Gasteiger charge is 2.30. The molecule has 0 bridgehead atoms. The van der Waals surface area contributed by atoms with Crippen molar-refractivity contribution in [1.82, 2.24) is 0 Å². The molecule has 0 aliphatic heterocycles. The van der Waals surface area contributed by atoms with Crippen LogP contribution in [0.2, 0.25) is 0 Å². The molecular formula is C23H23BrO7S. The van der Waals surface area contributed by atoms with Crippen molar-refractivity contribution in [2.45, 2.75) is 25.2 Å². The molecular weight excluding hydrogens is 500 g/mol. The Balaban J connectivity index is 1.76. The number of rotatable bonds is 9. The normalized spacial score (nSPS) is 19.6. The van der Waals surface area contributed by atoms with Crippen molar-refractivity contribution in [3.8, 4) is 5.75 Å². The summed E-state index contributed by atoms with van der Waals surface area (Å²) in [4.78, 5) is 24.9. The zero-order valence-corrected chi connectivity index (χ0v) is 20.0. The Labute approximate surface area is 198 Å². The molecule has 0 amide bonds. The van der Waals surface area contributed by atoms with Crippen molar-refractivity contribution in [2.24, 2.45) is 0 Å². The number of halogens is 1. The Bertz CT molecular complexity index is 999. The number of hydrogen-bond acceptors (Lipinski definition) is 8. The van der Waals surface area contributed by atoms with Crippen LogP contribution in [0.3, 0.4) is 0 Å². The molecule has 0 fully saturated rings. The highest BCUT2D eigenvalue weighted by Crippen LogP contribution is 2.45. The molecule has 0 atom stereocenters. The van der Waals surface area contributed by atoms with Gasteiger partial charge in [0, 0.05) is 10.8 Å². The number of allylic oxidation sites excluding steroid dienone is 2. The van der Waals surface area contributed by atoms with Gasteiger partial charge >= 0.3 is 11.9 Å². The summed E-state index contributed by atoms with van der Waals surface area (Å²) in [5, 5.41) is 10.7. The second-order valence-corrected chi connectivity index (χ2v) is 8.64. The summed E-state index contributed by atoms with van der Waals surface area (Å²) < 4.78 is 21.5. The molecule has 1 aromatic heterocycles. The van der Waals surface area contributed by atoms with Gasteiger partial charge in [-0.1, -0.05) is 42.5 Å². The number of benzene rings is 1. The molecule has 1 aliphatic carbocycles. The maximum atomic E-state index is 12.3. The van der Waals surface area contributed by atoms with Crippen LogP contribution in [0.1, 0.15) is 33.0 Å². The van der Waals surface area contributed by atoms with Gasteiger partial charge in [0.1, 0.15) is 0 Å². The average molecular weight is 523 g/mol. The smallest absolute Gasteiger partial charge is 0.351 e. The van der Waals surface area contributed by atoms with Gasteiger partial charge in [0.15, 0.2) is 17.2 Å². The van der Waals surface area contributed by atoms with Gasteiger partial charge in [-0.3, -0.25) is 0 Å². The lowest BCUT2D eigenvalue weighted by Gasteiger charge is -2.25. The molecule has 170 valence electrons. The van der Waals surface area contributed by atoms with E-state index in [1.54, 1.807) is 31.2 Å². The zero-order valence-electron chi connectivity index (χ0n) is 17.6. The Morgan fingerprint density at radius 2 is 1.88 bits per heavy atom. The first-order chi connectivity index (χ1) is 15.4. The molecule has 0 spiro atoms. The van der Waals surface area contributed by atoms with Crippen molar-refractivity contribution < 1.29 is 33.6 Å².